The lowest BCUT2D eigenvalue weighted by molar-refractivity contribution is -0.142. The third-order valence-corrected chi connectivity index (χ3v) is 5.44. The van der Waals surface area contributed by atoms with Crippen molar-refractivity contribution in [3.63, 3.8) is 0 Å². The lowest BCUT2D eigenvalue weighted by Crippen LogP contribution is -2.37. The van der Waals surface area contributed by atoms with Gasteiger partial charge in [-0.25, -0.2) is 4.79 Å². The molecule has 2 aliphatic rings. The van der Waals surface area contributed by atoms with E-state index in [9.17, 15) is 19.5 Å². The van der Waals surface area contributed by atoms with E-state index in [1.807, 2.05) is 13.8 Å². The van der Waals surface area contributed by atoms with Crippen LogP contribution in [-0.2, 0) is 27.4 Å². The SMILES string of the molecule is CC1(C)Cc2c(sc(NC(=O)C(=O)N3CCCC3)c2C(=O)O)CO1. The number of aromatic carboxylic acids is 1. The highest BCUT2D eigenvalue weighted by Crippen LogP contribution is 2.40. The van der Waals surface area contributed by atoms with Gasteiger partial charge in [0.1, 0.15) is 5.00 Å². The first kappa shape index (κ1) is 16.9. The number of nitrogens with one attached hydrogen (secondary N) is 1. The van der Waals surface area contributed by atoms with Crippen LogP contribution in [0, 0.1) is 0 Å². The number of nitrogens with zero attached hydrogens (tertiary/aromatic N) is 1. The predicted molar refractivity (Wildman–Crippen MR) is 88.3 cm³/mol. The Morgan fingerprint density at radius 2 is 1.92 bits per heavy atom. The van der Waals surface area contributed by atoms with E-state index >= 15 is 0 Å². The van der Waals surface area contributed by atoms with Crippen LogP contribution in [0.4, 0.5) is 5.00 Å². The van der Waals surface area contributed by atoms with Crippen molar-refractivity contribution in [2.75, 3.05) is 18.4 Å². The Morgan fingerprint density at radius 3 is 2.54 bits per heavy atom. The number of thiophene rings is 1. The van der Waals surface area contributed by atoms with E-state index in [1.165, 1.54) is 16.2 Å². The fourth-order valence-corrected chi connectivity index (χ4v) is 4.21. The molecule has 2 aliphatic heterocycles. The van der Waals surface area contributed by atoms with Crippen LogP contribution in [0.15, 0.2) is 0 Å². The fourth-order valence-electron chi connectivity index (χ4n) is 3.09. The summed E-state index contributed by atoms with van der Waals surface area (Å²) < 4.78 is 5.70. The Hall–Kier alpha value is -1.93. The van der Waals surface area contributed by atoms with E-state index in [4.69, 9.17) is 4.74 Å². The largest absolute Gasteiger partial charge is 0.478 e. The first-order chi connectivity index (χ1) is 11.3. The molecular weight excluding hydrogens is 332 g/mol. The van der Waals surface area contributed by atoms with Gasteiger partial charge in [-0.1, -0.05) is 0 Å². The summed E-state index contributed by atoms with van der Waals surface area (Å²) in [5.41, 5.74) is 0.312. The minimum Gasteiger partial charge on any atom is -0.478 e. The van der Waals surface area contributed by atoms with Crippen LogP contribution >= 0.6 is 11.3 Å². The van der Waals surface area contributed by atoms with Crippen molar-refractivity contribution in [3.05, 3.63) is 16.0 Å². The Bertz CT molecular complexity index is 704. The average molecular weight is 352 g/mol. The maximum absolute atomic E-state index is 12.2. The van der Waals surface area contributed by atoms with Crippen LogP contribution in [0.2, 0.25) is 0 Å². The lowest BCUT2D eigenvalue weighted by Gasteiger charge is -2.30. The summed E-state index contributed by atoms with van der Waals surface area (Å²) in [5, 5.41) is 12.3. The topological polar surface area (TPSA) is 95.9 Å². The number of carbonyl (C=O) groups is 3. The van der Waals surface area contributed by atoms with Gasteiger partial charge in [0.2, 0.25) is 0 Å². The minimum absolute atomic E-state index is 0.0777. The van der Waals surface area contributed by atoms with Crippen LogP contribution in [-0.4, -0.2) is 46.5 Å². The molecule has 0 aromatic carbocycles. The Labute approximate surface area is 143 Å². The first-order valence-electron chi connectivity index (χ1n) is 7.90. The number of rotatable bonds is 2. The maximum Gasteiger partial charge on any atom is 0.339 e. The molecule has 3 heterocycles. The number of anilines is 1. The van der Waals surface area contributed by atoms with E-state index in [2.05, 4.69) is 5.32 Å². The van der Waals surface area contributed by atoms with Gasteiger partial charge in [-0.2, -0.15) is 0 Å². The summed E-state index contributed by atoms with van der Waals surface area (Å²) in [6.45, 7) is 5.24. The molecule has 1 fully saturated rings. The Kier molecular flexibility index (Phi) is 4.35. The zero-order valence-electron chi connectivity index (χ0n) is 13.7. The number of carboxylic acid groups (broad SMARTS) is 1. The molecule has 1 aromatic heterocycles. The maximum atomic E-state index is 12.2. The van der Waals surface area contributed by atoms with Crippen LogP contribution in [0.1, 0.15) is 47.5 Å². The van der Waals surface area contributed by atoms with Gasteiger partial charge in [0.15, 0.2) is 0 Å². The van der Waals surface area contributed by atoms with Gasteiger partial charge >= 0.3 is 17.8 Å². The van der Waals surface area contributed by atoms with Crippen molar-refractivity contribution >= 4 is 34.1 Å². The van der Waals surface area contributed by atoms with Crippen LogP contribution in [0.25, 0.3) is 0 Å². The second-order valence-electron chi connectivity index (χ2n) is 6.69. The molecule has 0 bridgehead atoms. The number of ether oxygens (including phenoxy) is 1. The van der Waals surface area contributed by atoms with Crippen LogP contribution < -0.4 is 5.32 Å². The van der Waals surface area contributed by atoms with E-state index in [0.717, 1.165) is 17.7 Å². The summed E-state index contributed by atoms with van der Waals surface area (Å²) in [5.74, 6) is -2.49. The number of amides is 2. The molecule has 2 N–H and O–H groups in total. The predicted octanol–water partition coefficient (Wildman–Crippen LogP) is 1.86. The molecule has 0 aliphatic carbocycles. The summed E-state index contributed by atoms with van der Waals surface area (Å²) in [6, 6.07) is 0. The summed E-state index contributed by atoms with van der Waals surface area (Å²) in [6.07, 6.45) is 2.23. The summed E-state index contributed by atoms with van der Waals surface area (Å²) in [4.78, 5) is 38.3. The molecule has 7 nitrogen and oxygen atoms in total. The molecule has 0 atom stereocenters. The number of hydrogen-bond donors (Lipinski definition) is 2. The fraction of sp³-hybridized carbons (Fsp3) is 0.562. The third kappa shape index (κ3) is 3.16. The van der Waals surface area contributed by atoms with E-state index in [1.54, 1.807) is 0 Å². The van der Waals surface area contributed by atoms with Gasteiger partial charge in [0.25, 0.3) is 0 Å². The molecule has 0 radical (unpaired) electrons. The van der Waals surface area contributed by atoms with E-state index < -0.39 is 23.4 Å². The summed E-state index contributed by atoms with van der Waals surface area (Å²) in [7, 11) is 0. The van der Waals surface area contributed by atoms with Crippen molar-refractivity contribution in [2.45, 2.75) is 45.3 Å². The highest BCUT2D eigenvalue weighted by Gasteiger charge is 2.34. The lowest BCUT2D eigenvalue weighted by atomic mass is 9.93. The van der Waals surface area contributed by atoms with Gasteiger partial charge < -0.3 is 20.1 Å². The molecule has 8 heteroatoms. The molecule has 3 rings (SSSR count). The summed E-state index contributed by atoms with van der Waals surface area (Å²) >= 11 is 1.17. The standard InChI is InChI=1S/C16H20N2O5S/c1-16(2)7-9-10(8-23-16)24-13(11(9)15(21)22)17-12(19)14(20)18-5-3-4-6-18/h3-8H2,1-2H3,(H,17,19)(H,21,22). The van der Waals surface area contributed by atoms with E-state index in [0.29, 0.717) is 31.7 Å². The normalized spacial score (nSPS) is 19.0. The molecule has 1 saturated heterocycles. The van der Waals surface area contributed by atoms with Crippen molar-refractivity contribution < 1.29 is 24.2 Å². The highest BCUT2D eigenvalue weighted by molar-refractivity contribution is 7.17. The van der Waals surface area contributed by atoms with Crippen molar-refractivity contribution in [2.24, 2.45) is 0 Å². The molecule has 130 valence electrons. The second kappa shape index (κ2) is 6.18. The van der Waals surface area contributed by atoms with Gasteiger partial charge in [0, 0.05) is 24.4 Å². The molecular formula is C16H20N2O5S. The molecule has 1 aromatic rings. The highest BCUT2D eigenvalue weighted by atomic mass is 32.1. The van der Waals surface area contributed by atoms with Crippen molar-refractivity contribution in [1.29, 1.82) is 0 Å². The average Bonchev–Trinajstić information content (AvgIpc) is 3.12. The molecule has 0 spiro atoms. The zero-order valence-corrected chi connectivity index (χ0v) is 14.5. The Morgan fingerprint density at radius 1 is 1.25 bits per heavy atom. The van der Waals surface area contributed by atoms with Gasteiger partial charge in [-0.05, 0) is 32.3 Å². The van der Waals surface area contributed by atoms with Crippen LogP contribution in [0.5, 0.6) is 0 Å². The smallest absolute Gasteiger partial charge is 0.339 e. The number of likely N-dealkylation sites (tertiary alicyclic amines) is 1. The second-order valence-corrected chi connectivity index (χ2v) is 7.80. The molecule has 2 amide bonds. The molecule has 24 heavy (non-hydrogen) atoms. The monoisotopic (exact) mass is 352 g/mol. The van der Waals surface area contributed by atoms with Gasteiger partial charge in [-0.3, -0.25) is 9.59 Å². The first-order valence-corrected chi connectivity index (χ1v) is 8.72. The number of hydrogen-bond acceptors (Lipinski definition) is 5. The zero-order chi connectivity index (χ0) is 17.5. The number of carboxylic acids is 1. The minimum atomic E-state index is -1.10. The number of carbonyl (C=O) groups excluding carboxylic acids is 2. The van der Waals surface area contributed by atoms with E-state index in [-0.39, 0.29) is 10.6 Å². The third-order valence-electron chi connectivity index (χ3n) is 4.32. The molecule has 0 unspecified atom stereocenters. The van der Waals surface area contributed by atoms with Gasteiger partial charge in [0.05, 0.1) is 17.8 Å². The molecule has 0 saturated carbocycles. The quantitative estimate of drug-likeness (QED) is 0.792. The van der Waals surface area contributed by atoms with Crippen molar-refractivity contribution in [1.82, 2.24) is 4.90 Å². The van der Waals surface area contributed by atoms with Crippen LogP contribution in [0.3, 0.4) is 0 Å². The number of fused-ring (bicyclic) bond motifs is 1. The van der Waals surface area contributed by atoms with Gasteiger partial charge in [-0.15, -0.1) is 11.3 Å². The Balaban J connectivity index is 1.86. The van der Waals surface area contributed by atoms with Crippen molar-refractivity contribution in [3.8, 4) is 0 Å².